The Morgan fingerprint density at radius 1 is 1.47 bits per heavy atom. The molecule has 0 bridgehead atoms. The topological polar surface area (TPSA) is 51.9 Å². The van der Waals surface area contributed by atoms with Gasteiger partial charge in [-0.3, -0.25) is 9.48 Å². The number of nitrogens with one attached hydrogen (secondary N) is 1. The second-order valence-corrected chi connectivity index (χ2v) is 5.85. The molecule has 0 atom stereocenters. The van der Waals surface area contributed by atoms with Crippen LogP contribution in [-0.2, 0) is 7.05 Å². The first-order valence-electron chi connectivity index (χ1n) is 6.24. The van der Waals surface area contributed by atoms with Crippen molar-refractivity contribution in [3.8, 4) is 0 Å². The van der Waals surface area contributed by atoms with E-state index in [1.807, 2.05) is 36.9 Å². The third-order valence-electron chi connectivity index (χ3n) is 3.34. The molecule has 6 heteroatoms. The third-order valence-corrected chi connectivity index (χ3v) is 3.78. The maximum absolute atomic E-state index is 12.3. The minimum atomic E-state index is -0.115. The van der Waals surface area contributed by atoms with Gasteiger partial charge in [-0.25, -0.2) is 0 Å². The molecule has 1 amide bonds. The molecule has 1 fully saturated rings. The van der Waals surface area contributed by atoms with Gasteiger partial charge in [0.25, 0.3) is 5.91 Å². The van der Waals surface area contributed by atoms with Crippen molar-refractivity contribution in [1.82, 2.24) is 14.3 Å². The molecule has 3 rings (SSSR count). The van der Waals surface area contributed by atoms with Crippen molar-refractivity contribution in [2.45, 2.75) is 25.8 Å². The summed E-state index contributed by atoms with van der Waals surface area (Å²) in [4.78, 5) is 12.3. The van der Waals surface area contributed by atoms with Gasteiger partial charge in [0.1, 0.15) is 5.69 Å². The van der Waals surface area contributed by atoms with Crippen LogP contribution in [0.3, 0.4) is 0 Å². The Hall–Kier alpha value is -1.56. The maximum Gasteiger partial charge on any atom is 0.273 e. The summed E-state index contributed by atoms with van der Waals surface area (Å²) < 4.78 is 4.71. The second-order valence-electron chi connectivity index (χ2n) is 4.93. The van der Waals surface area contributed by atoms with Crippen LogP contribution in [0.5, 0.6) is 0 Å². The molecule has 1 aliphatic rings. The van der Waals surface area contributed by atoms with Crippen molar-refractivity contribution >= 4 is 27.7 Å². The Morgan fingerprint density at radius 3 is 2.79 bits per heavy atom. The van der Waals surface area contributed by atoms with Crippen LogP contribution in [-0.4, -0.2) is 20.3 Å². The minimum absolute atomic E-state index is 0.115. The number of anilines is 1. The summed E-state index contributed by atoms with van der Waals surface area (Å²) in [5.74, 6) is 0.473. The lowest BCUT2D eigenvalue weighted by molar-refractivity contribution is 0.101. The lowest BCUT2D eigenvalue weighted by atomic mass is 10.4. The van der Waals surface area contributed by atoms with Crippen LogP contribution in [0, 0.1) is 6.92 Å². The third kappa shape index (κ3) is 2.45. The Kier molecular flexibility index (Phi) is 2.97. The molecule has 1 saturated carbocycles. The molecule has 2 aromatic heterocycles. The summed E-state index contributed by atoms with van der Waals surface area (Å²) in [6.07, 6.45) is 4.25. The summed E-state index contributed by atoms with van der Waals surface area (Å²) in [7, 11) is 1.86. The average Bonchev–Trinajstić information content (AvgIpc) is 3.04. The molecule has 2 aromatic rings. The highest BCUT2D eigenvalue weighted by molar-refractivity contribution is 9.10. The first-order valence-corrected chi connectivity index (χ1v) is 7.03. The molecule has 100 valence electrons. The fourth-order valence-electron chi connectivity index (χ4n) is 2.08. The summed E-state index contributed by atoms with van der Waals surface area (Å²) in [5, 5.41) is 7.08. The van der Waals surface area contributed by atoms with Crippen molar-refractivity contribution in [3.63, 3.8) is 0 Å². The van der Waals surface area contributed by atoms with Gasteiger partial charge in [-0.2, -0.15) is 5.10 Å². The first-order chi connectivity index (χ1) is 9.04. The van der Waals surface area contributed by atoms with E-state index in [0.717, 1.165) is 23.0 Å². The predicted molar refractivity (Wildman–Crippen MR) is 76.3 cm³/mol. The number of carbonyl (C=O) groups is 1. The van der Waals surface area contributed by atoms with Gasteiger partial charge in [0.2, 0.25) is 0 Å². The normalized spacial score (nSPS) is 14.7. The molecule has 1 N–H and O–H groups in total. The van der Waals surface area contributed by atoms with E-state index in [4.69, 9.17) is 0 Å². The van der Waals surface area contributed by atoms with E-state index in [1.165, 1.54) is 0 Å². The van der Waals surface area contributed by atoms with Crippen molar-refractivity contribution in [2.24, 2.45) is 7.05 Å². The van der Waals surface area contributed by atoms with Gasteiger partial charge < -0.3 is 9.88 Å². The molecule has 5 nitrogen and oxygen atoms in total. The highest BCUT2D eigenvalue weighted by Gasteiger charge is 2.27. The van der Waals surface area contributed by atoms with Crippen LogP contribution in [0.25, 0.3) is 0 Å². The van der Waals surface area contributed by atoms with Crippen molar-refractivity contribution in [2.75, 3.05) is 5.32 Å². The quantitative estimate of drug-likeness (QED) is 0.944. The average molecular weight is 323 g/mol. The van der Waals surface area contributed by atoms with Crippen LogP contribution < -0.4 is 5.32 Å². The van der Waals surface area contributed by atoms with Crippen LogP contribution in [0.4, 0.5) is 5.82 Å². The number of hydrogen-bond donors (Lipinski definition) is 1. The zero-order valence-electron chi connectivity index (χ0n) is 10.9. The number of rotatable bonds is 3. The first kappa shape index (κ1) is 12.5. The van der Waals surface area contributed by atoms with E-state index in [9.17, 15) is 4.79 Å². The van der Waals surface area contributed by atoms with Gasteiger partial charge in [-0.05, 0) is 41.8 Å². The molecule has 2 heterocycles. The monoisotopic (exact) mass is 322 g/mol. The summed E-state index contributed by atoms with van der Waals surface area (Å²) in [6.45, 7) is 1.95. The predicted octanol–water partition coefficient (Wildman–Crippen LogP) is 2.88. The van der Waals surface area contributed by atoms with Crippen molar-refractivity contribution in [3.05, 3.63) is 34.2 Å². The molecular weight excluding hydrogens is 308 g/mol. The van der Waals surface area contributed by atoms with Crippen LogP contribution in [0.2, 0.25) is 0 Å². The van der Waals surface area contributed by atoms with E-state index in [-0.39, 0.29) is 5.91 Å². The van der Waals surface area contributed by atoms with Gasteiger partial charge in [-0.1, -0.05) is 0 Å². The number of carbonyl (C=O) groups excluding carboxylic acids is 1. The number of aromatic nitrogens is 3. The molecule has 0 saturated heterocycles. The minimum Gasteiger partial charge on any atom is -0.339 e. The molecular formula is C13H15BrN4O. The van der Waals surface area contributed by atoms with Crippen molar-refractivity contribution < 1.29 is 4.79 Å². The van der Waals surface area contributed by atoms with E-state index in [2.05, 4.69) is 26.3 Å². The number of hydrogen-bond acceptors (Lipinski definition) is 2. The van der Waals surface area contributed by atoms with Gasteiger partial charge in [0.15, 0.2) is 5.82 Å². The number of aryl methyl sites for hydroxylation is 2. The lowest BCUT2D eigenvalue weighted by Gasteiger charge is -2.06. The van der Waals surface area contributed by atoms with Gasteiger partial charge >= 0.3 is 0 Å². The Labute approximate surface area is 119 Å². The van der Waals surface area contributed by atoms with Gasteiger partial charge in [0, 0.05) is 35.5 Å². The number of halogens is 1. The summed E-state index contributed by atoms with van der Waals surface area (Å²) in [6, 6.07) is 4.18. The SMILES string of the molecule is Cc1cc(NC(=O)c2cc(Br)cn2C2CC2)nn1C. The molecule has 0 aliphatic heterocycles. The smallest absolute Gasteiger partial charge is 0.273 e. The van der Waals surface area contributed by atoms with E-state index < -0.39 is 0 Å². The zero-order valence-corrected chi connectivity index (χ0v) is 12.4. The summed E-state index contributed by atoms with van der Waals surface area (Å²) in [5.41, 5.74) is 1.69. The standard InChI is InChI=1S/C13H15BrN4O/c1-8-5-12(16-17(8)2)15-13(19)11-6-9(14)7-18(11)10-3-4-10/h5-7,10H,3-4H2,1-2H3,(H,15,16,19). The highest BCUT2D eigenvalue weighted by atomic mass is 79.9. The fourth-order valence-corrected chi connectivity index (χ4v) is 2.52. The molecule has 1 aliphatic carbocycles. The van der Waals surface area contributed by atoms with Gasteiger partial charge in [-0.15, -0.1) is 0 Å². The van der Waals surface area contributed by atoms with Crippen LogP contribution >= 0.6 is 15.9 Å². The highest BCUT2D eigenvalue weighted by Crippen LogP contribution is 2.37. The Bertz CT molecular complexity index is 620. The van der Waals surface area contributed by atoms with Crippen LogP contribution in [0.1, 0.15) is 35.1 Å². The molecule has 0 radical (unpaired) electrons. The molecule has 0 aromatic carbocycles. The number of nitrogens with zero attached hydrogens (tertiary/aromatic N) is 3. The Morgan fingerprint density at radius 2 is 2.21 bits per heavy atom. The van der Waals surface area contributed by atoms with Gasteiger partial charge in [0.05, 0.1) is 0 Å². The number of amides is 1. The van der Waals surface area contributed by atoms with E-state index in [1.54, 1.807) is 4.68 Å². The summed E-state index contributed by atoms with van der Waals surface area (Å²) >= 11 is 3.43. The molecule has 0 spiro atoms. The van der Waals surface area contributed by atoms with E-state index in [0.29, 0.717) is 17.6 Å². The molecule has 0 unspecified atom stereocenters. The van der Waals surface area contributed by atoms with Crippen LogP contribution in [0.15, 0.2) is 22.8 Å². The van der Waals surface area contributed by atoms with E-state index >= 15 is 0 Å². The lowest BCUT2D eigenvalue weighted by Crippen LogP contribution is -2.16. The second kappa shape index (κ2) is 4.52. The van der Waals surface area contributed by atoms with Crippen molar-refractivity contribution in [1.29, 1.82) is 0 Å². The molecule has 19 heavy (non-hydrogen) atoms. The Balaban J connectivity index is 1.83. The maximum atomic E-state index is 12.3. The zero-order chi connectivity index (χ0) is 13.6. The largest absolute Gasteiger partial charge is 0.339 e. The fraction of sp³-hybridized carbons (Fsp3) is 0.385.